The van der Waals surface area contributed by atoms with Crippen molar-refractivity contribution >= 4 is 0 Å². The number of aliphatic hydroxyl groups excluding tert-OH is 1. The van der Waals surface area contributed by atoms with Gasteiger partial charge in [-0.3, -0.25) is 4.90 Å². The highest BCUT2D eigenvalue weighted by molar-refractivity contribution is 4.88. The fraction of sp³-hybridized carbons (Fsp3) is 1.00. The minimum Gasteiger partial charge on any atom is -0.392 e. The van der Waals surface area contributed by atoms with Crippen LogP contribution in [-0.4, -0.2) is 35.2 Å². The predicted octanol–water partition coefficient (Wildman–Crippen LogP) is 2.27. The molecule has 0 aromatic carbocycles. The van der Waals surface area contributed by atoms with E-state index in [9.17, 15) is 5.11 Å². The first-order chi connectivity index (χ1) is 6.47. The van der Waals surface area contributed by atoms with Crippen LogP contribution in [-0.2, 0) is 0 Å². The third-order valence-electron chi connectivity index (χ3n) is 3.53. The standard InChI is InChI=1S/C12H25NO/c1-5-6-10(2)13-8-7-11(14)12(3,4)9-13/h10-11,14H,5-9H2,1-4H3. The number of hydrogen-bond donors (Lipinski definition) is 1. The molecule has 0 aromatic heterocycles. The molecule has 2 nitrogen and oxygen atoms in total. The zero-order chi connectivity index (χ0) is 10.8. The van der Waals surface area contributed by atoms with Crippen LogP contribution in [0.2, 0.25) is 0 Å². The lowest BCUT2D eigenvalue weighted by atomic mass is 9.80. The summed E-state index contributed by atoms with van der Waals surface area (Å²) in [7, 11) is 0. The van der Waals surface area contributed by atoms with Crippen molar-refractivity contribution in [2.24, 2.45) is 5.41 Å². The second-order valence-corrected chi connectivity index (χ2v) is 5.40. The van der Waals surface area contributed by atoms with Crippen LogP contribution in [0.25, 0.3) is 0 Å². The first-order valence-electron chi connectivity index (χ1n) is 5.89. The van der Waals surface area contributed by atoms with Gasteiger partial charge in [0.1, 0.15) is 0 Å². The Bertz CT molecular complexity index is 179. The van der Waals surface area contributed by atoms with E-state index in [1.165, 1.54) is 12.8 Å². The van der Waals surface area contributed by atoms with Crippen molar-refractivity contribution in [3.63, 3.8) is 0 Å². The zero-order valence-corrected chi connectivity index (χ0v) is 10.1. The molecule has 1 saturated heterocycles. The van der Waals surface area contributed by atoms with Crippen molar-refractivity contribution in [1.82, 2.24) is 4.90 Å². The maximum Gasteiger partial charge on any atom is 0.0615 e. The third kappa shape index (κ3) is 2.71. The monoisotopic (exact) mass is 199 g/mol. The quantitative estimate of drug-likeness (QED) is 0.753. The molecule has 0 aromatic rings. The fourth-order valence-corrected chi connectivity index (χ4v) is 2.36. The van der Waals surface area contributed by atoms with E-state index >= 15 is 0 Å². The molecule has 0 radical (unpaired) electrons. The van der Waals surface area contributed by atoms with Crippen LogP contribution in [0, 0.1) is 5.41 Å². The Labute approximate surface area is 88.3 Å². The van der Waals surface area contributed by atoms with Crippen molar-refractivity contribution in [2.75, 3.05) is 13.1 Å². The summed E-state index contributed by atoms with van der Waals surface area (Å²) in [6, 6.07) is 0.673. The van der Waals surface area contributed by atoms with E-state index in [0.29, 0.717) is 6.04 Å². The molecule has 0 bridgehead atoms. The molecule has 0 spiro atoms. The van der Waals surface area contributed by atoms with Gasteiger partial charge in [0.25, 0.3) is 0 Å². The number of hydrogen-bond acceptors (Lipinski definition) is 2. The Morgan fingerprint density at radius 1 is 1.50 bits per heavy atom. The summed E-state index contributed by atoms with van der Waals surface area (Å²) in [5.41, 5.74) is 0.0697. The molecule has 14 heavy (non-hydrogen) atoms. The fourth-order valence-electron chi connectivity index (χ4n) is 2.36. The SMILES string of the molecule is CCCC(C)N1CCC(O)C(C)(C)C1. The molecule has 2 atom stereocenters. The van der Waals surface area contributed by atoms with Crippen LogP contribution >= 0.6 is 0 Å². The molecule has 2 heteroatoms. The molecule has 1 aliphatic rings. The largest absolute Gasteiger partial charge is 0.392 e. The molecule has 0 aliphatic carbocycles. The Morgan fingerprint density at radius 3 is 2.64 bits per heavy atom. The number of piperidine rings is 1. The van der Waals surface area contributed by atoms with Gasteiger partial charge in [0.05, 0.1) is 6.10 Å². The van der Waals surface area contributed by atoms with Crippen molar-refractivity contribution in [3.05, 3.63) is 0 Å². The van der Waals surface area contributed by atoms with E-state index < -0.39 is 0 Å². The Morgan fingerprint density at radius 2 is 2.14 bits per heavy atom. The van der Waals surface area contributed by atoms with E-state index in [1.807, 2.05) is 0 Å². The Kier molecular flexibility index (Phi) is 3.96. The Hall–Kier alpha value is -0.0800. The smallest absolute Gasteiger partial charge is 0.0615 e. The number of likely N-dealkylation sites (tertiary alicyclic amines) is 1. The summed E-state index contributed by atoms with van der Waals surface area (Å²) in [4.78, 5) is 2.52. The van der Waals surface area contributed by atoms with Crippen molar-refractivity contribution < 1.29 is 5.11 Å². The van der Waals surface area contributed by atoms with E-state index in [2.05, 4.69) is 32.6 Å². The molecule has 1 N–H and O–H groups in total. The van der Waals surface area contributed by atoms with Gasteiger partial charge in [0, 0.05) is 24.5 Å². The lowest BCUT2D eigenvalue weighted by Crippen LogP contribution is -2.51. The summed E-state index contributed by atoms with van der Waals surface area (Å²) < 4.78 is 0. The molecule has 1 rings (SSSR count). The van der Waals surface area contributed by atoms with Crippen LogP contribution in [0.1, 0.15) is 47.0 Å². The topological polar surface area (TPSA) is 23.5 Å². The van der Waals surface area contributed by atoms with Gasteiger partial charge in [-0.2, -0.15) is 0 Å². The highest BCUT2D eigenvalue weighted by Crippen LogP contribution is 2.30. The van der Waals surface area contributed by atoms with E-state index in [-0.39, 0.29) is 11.5 Å². The number of nitrogens with zero attached hydrogens (tertiary/aromatic N) is 1. The Balaban J connectivity index is 2.50. The summed E-state index contributed by atoms with van der Waals surface area (Å²) in [6.07, 6.45) is 3.33. The van der Waals surface area contributed by atoms with Gasteiger partial charge in [-0.25, -0.2) is 0 Å². The molecule has 2 unspecified atom stereocenters. The highest BCUT2D eigenvalue weighted by Gasteiger charge is 2.35. The summed E-state index contributed by atoms with van der Waals surface area (Å²) in [6.45, 7) is 11.0. The maximum atomic E-state index is 9.84. The van der Waals surface area contributed by atoms with Gasteiger partial charge in [-0.05, 0) is 19.8 Å². The van der Waals surface area contributed by atoms with Crippen LogP contribution in [0.4, 0.5) is 0 Å². The molecule has 1 heterocycles. The zero-order valence-electron chi connectivity index (χ0n) is 10.1. The average molecular weight is 199 g/mol. The normalized spacial score (nSPS) is 30.2. The second-order valence-electron chi connectivity index (χ2n) is 5.40. The highest BCUT2D eigenvalue weighted by atomic mass is 16.3. The molecule has 1 fully saturated rings. The minimum absolute atomic E-state index is 0.0697. The van der Waals surface area contributed by atoms with Gasteiger partial charge < -0.3 is 5.11 Å². The lowest BCUT2D eigenvalue weighted by Gasteiger charge is -2.44. The molecule has 1 aliphatic heterocycles. The van der Waals surface area contributed by atoms with Crippen LogP contribution < -0.4 is 0 Å². The average Bonchev–Trinajstić information content (AvgIpc) is 2.10. The lowest BCUT2D eigenvalue weighted by molar-refractivity contribution is -0.0368. The van der Waals surface area contributed by atoms with E-state index in [4.69, 9.17) is 0 Å². The molecular formula is C12H25NO. The molecule has 0 amide bonds. The molecular weight excluding hydrogens is 174 g/mol. The number of rotatable bonds is 3. The third-order valence-corrected chi connectivity index (χ3v) is 3.53. The van der Waals surface area contributed by atoms with E-state index in [0.717, 1.165) is 19.5 Å². The molecule has 0 saturated carbocycles. The van der Waals surface area contributed by atoms with Crippen LogP contribution in [0.3, 0.4) is 0 Å². The van der Waals surface area contributed by atoms with Gasteiger partial charge in [-0.1, -0.05) is 27.2 Å². The van der Waals surface area contributed by atoms with Crippen LogP contribution in [0.5, 0.6) is 0 Å². The minimum atomic E-state index is -0.118. The molecule has 84 valence electrons. The van der Waals surface area contributed by atoms with Gasteiger partial charge in [0.2, 0.25) is 0 Å². The first-order valence-corrected chi connectivity index (χ1v) is 5.89. The van der Waals surface area contributed by atoms with E-state index in [1.54, 1.807) is 0 Å². The van der Waals surface area contributed by atoms with Gasteiger partial charge in [-0.15, -0.1) is 0 Å². The summed E-state index contributed by atoms with van der Waals surface area (Å²) in [5.74, 6) is 0. The second kappa shape index (κ2) is 4.63. The van der Waals surface area contributed by atoms with Crippen molar-refractivity contribution in [2.45, 2.75) is 59.1 Å². The summed E-state index contributed by atoms with van der Waals surface area (Å²) >= 11 is 0. The van der Waals surface area contributed by atoms with Crippen molar-refractivity contribution in [1.29, 1.82) is 0 Å². The van der Waals surface area contributed by atoms with Gasteiger partial charge in [0.15, 0.2) is 0 Å². The first kappa shape index (κ1) is 12.0. The van der Waals surface area contributed by atoms with Crippen LogP contribution in [0.15, 0.2) is 0 Å². The van der Waals surface area contributed by atoms with Gasteiger partial charge >= 0.3 is 0 Å². The summed E-state index contributed by atoms with van der Waals surface area (Å²) in [5, 5.41) is 9.84. The maximum absolute atomic E-state index is 9.84. The predicted molar refractivity (Wildman–Crippen MR) is 60.3 cm³/mol. The number of aliphatic hydroxyl groups is 1. The van der Waals surface area contributed by atoms with Crippen molar-refractivity contribution in [3.8, 4) is 0 Å².